The van der Waals surface area contributed by atoms with E-state index in [-0.39, 0.29) is 24.5 Å². The van der Waals surface area contributed by atoms with E-state index in [0.29, 0.717) is 11.2 Å². The topological polar surface area (TPSA) is 186 Å². The summed E-state index contributed by atoms with van der Waals surface area (Å²) in [6, 6.07) is 3.18. The number of carbonyl (C=O) groups is 1. The maximum atomic E-state index is 11.4. The summed E-state index contributed by atoms with van der Waals surface area (Å²) in [7, 11) is -4.62. The molecule has 13 heteroatoms. The first-order chi connectivity index (χ1) is 13.2. The maximum Gasteiger partial charge on any atom is 0.254 e. The van der Waals surface area contributed by atoms with Crippen LogP contribution >= 0.6 is 7.60 Å². The minimum Gasteiger partial charge on any atom is -0.777 e. The summed E-state index contributed by atoms with van der Waals surface area (Å²) in [5, 5.41) is 0. The standard InChI is InChI=1S/C15H18N7O5P/c16-13-12-15(19-7-18-13)22(8-20-12)6-11(27-9-28(24,25)26)5-21-3-1-2-10(4-21)14(17)23/h1-4,7-8,11H,5-6,9H2,(H5-,16,17,18,19,23,24,25,26)/t11-/m0/s1. The Kier molecular flexibility index (Phi) is 5.66. The summed E-state index contributed by atoms with van der Waals surface area (Å²) in [5.74, 6) is -0.386. The molecule has 148 valence electrons. The highest BCUT2D eigenvalue weighted by molar-refractivity contribution is 7.50. The first-order valence-corrected chi connectivity index (χ1v) is 9.84. The van der Waals surface area contributed by atoms with Gasteiger partial charge in [0, 0.05) is 6.07 Å². The maximum absolute atomic E-state index is 11.4. The fourth-order valence-electron chi connectivity index (χ4n) is 2.63. The highest BCUT2D eigenvalue weighted by atomic mass is 31.2. The van der Waals surface area contributed by atoms with Gasteiger partial charge in [0.1, 0.15) is 29.9 Å². The minimum atomic E-state index is -4.62. The SMILES string of the molecule is NC(=O)c1ccc[n+](C[C@@H](Cn2cnc3c(N)ncnc32)OCP(=O)([O-])O)c1. The number of anilines is 1. The Morgan fingerprint density at radius 3 is 2.93 bits per heavy atom. The summed E-state index contributed by atoms with van der Waals surface area (Å²) in [5.41, 5.74) is 12.2. The van der Waals surface area contributed by atoms with Crippen molar-refractivity contribution in [2.75, 3.05) is 12.1 Å². The molecule has 3 aromatic heterocycles. The molecule has 0 aliphatic rings. The van der Waals surface area contributed by atoms with Crippen molar-refractivity contribution in [1.29, 1.82) is 0 Å². The van der Waals surface area contributed by atoms with Crippen molar-refractivity contribution < 1.29 is 28.5 Å². The first kappa shape index (κ1) is 19.8. The molecule has 28 heavy (non-hydrogen) atoms. The molecule has 0 saturated carbocycles. The number of amides is 1. The monoisotopic (exact) mass is 407 g/mol. The molecule has 1 unspecified atom stereocenters. The first-order valence-electron chi connectivity index (χ1n) is 8.07. The Balaban J connectivity index is 1.86. The van der Waals surface area contributed by atoms with Crippen LogP contribution in [0.15, 0.2) is 37.2 Å². The number of ether oxygens (including phenoxy) is 1. The lowest BCUT2D eigenvalue weighted by Crippen LogP contribution is -2.43. The Morgan fingerprint density at radius 2 is 2.21 bits per heavy atom. The van der Waals surface area contributed by atoms with Crippen LogP contribution in [0, 0.1) is 0 Å². The van der Waals surface area contributed by atoms with Crippen LogP contribution in [-0.4, -0.2) is 42.8 Å². The van der Waals surface area contributed by atoms with Crippen molar-refractivity contribution in [3.8, 4) is 0 Å². The van der Waals surface area contributed by atoms with Gasteiger partial charge in [0.05, 0.1) is 12.9 Å². The molecule has 3 rings (SSSR count). The number of rotatable bonds is 8. The van der Waals surface area contributed by atoms with E-state index in [1.54, 1.807) is 27.5 Å². The van der Waals surface area contributed by atoms with E-state index in [0.717, 1.165) is 0 Å². The van der Waals surface area contributed by atoms with Crippen molar-refractivity contribution in [2.45, 2.75) is 19.2 Å². The van der Waals surface area contributed by atoms with Gasteiger partial charge in [-0.1, -0.05) is 0 Å². The molecule has 0 aromatic carbocycles. The molecule has 12 nitrogen and oxygen atoms in total. The van der Waals surface area contributed by atoms with Gasteiger partial charge < -0.3 is 35.1 Å². The molecule has 0 radical (unpaired) electrons. The molecule has 1 amide bonds. The van der Waals surface area contributed by atoms with Gasteiger partial charge in [-0.25, -0.2) is 19.5 Å². The molecule has 5 N–H and O–H groups in total. The van der Waals surface area contributed by atoms with E-state index < -0.39 is 26.0 Å². The Labute approximate surface area is 159 Å². The van der Waals surface area contributed by atoms with Crippen LogP contribution in [0.25, 0.3) is 11.2 Å². The van der Waals surface area contributed by atoms with Crippen molar-refractivity contribution in [3.05, 3.63) is 42.7 Å². The molecular weight excluding hydrogens is 389 g/mol. The molecule has 3 aromatic rings. The third-order valence-electron chi connectivity index (χ3n) is 3.86. The fourth-order valence-corrected chi connectivity index (χ4v) is 3.03. The van der Waals surface area contributed by atoms with Gasteiger partial charge >= 0.3 is 0 Å². The normalized spacial score (nSPS) is 14.6. The number of primary amides is 1. The predicted molar refractivity (Wildman–Crippen MR) is 94.5 cm³/mol. The lowest BCUT2D eigenvalue weighted by molar-refractivity contribution is -0.704. The van der Waals surface area contributed by atoms with E-state index in [4.69, 9.17) is 21.1 Å². The quantitative estimate of drug-likeness (QED) is 0.291. The van der Waals surface area contributed by atoms with E-state index in [2.05, 4.69) is 15.0 Å². The van der Waals surface area contributed by atoms with Gasteiger partial charge in [-0.3, -0.25) is 4.79 Å². The number of pyridine rings is 1. The number of carbonyl (C=O) groups excluding carboxylic acids is 1. The second kappa shape index (κ2) is 7.98. The Bertz CT molecular complexity index is 1050. The van der Waals surface area contributed by atoms with Gasteiger partial charge in [-0.15, -0.1) is 0 Å². The highest BCUT2D eigenvalue weighted by Crippen LogP contribution is 2.29. The summed E-state index contributed by atoms with van der Waals surface area (Å²) < 4.78 is 19.8. The third-order valence-corrected chi connectivity index (χ3v) is 4.34. The molecule has 0 aliphatic carbocycles. The van der Waals surface area contributed by atoms with Crippen LogP contribution in [0.1, 0.15) is 10.4 Å². The van der Waals surface area contributed by atoms with Crippen molar-refractivity contribution in [3.63, 3.8) is 0 Å². The number of nitrogens with two attached hydrogens (primary N) is 2. The van der Waals surface area contributed by atoms with Gasteiger partial charge in [0.2, 0.25) is 0 Å². The fraction of sp³-hybridized carbons (Fsp3) is 0.267. The largest absolute Gasteiger partial charge is 0.777 e. The average molecular weight is 407 g/mol. The number of hydrogen-bond acceptors (Lipinski definition) is 8. The third kappa shape index (κ3) is 4.87. The van der Waals surface area contributed by atoms with Crippen molar-refractivity contribution in [1.82, 2.24) is 19.5 Å². The molecular formula is C15H18N7O5P. The second-order valence-corrected chi connectivity index (χ2v) is 7.57. The van der Waals surface area contributed by atoms with Crippen LogP contribution in [0.2, 0.25) is 0 Å². The van der Waals surface area contributed by atoms with Gasteiger partial charge in [-0.2, -0.15) is 0 Å². The highest BCUT2D eigenvalue weighted by Gasteiger charge is 2.21. The Morgan fingerprint density at radius 1 is 1.43 bits per heavy atom. The number of nitrogens with zero attached hydrogens (tertiary/aromatic N) is 5. The van der Waals surface area contributed by atoms with Gasteiger partial charge in [0.25, 0.3) is 5.91 Å². The van der Waals surface area contributed by atoms with E-state index >= 15 is 0 Å². The number of aromatic nitrogens is 5. The zero-order valence-corrected chi connectivity index (χ0v) is 15.5. The zero-order valence-electron chi connectivity index (χ0n) is 14.6. The molecule has 0 aliphatic heterocycles. The van der Waals surface area contributed by atoms with Crippen molar-refractivity contribution in [2.24, 2.45) is 5.73 Å². The zero-order chi connectivity index (χ0) is 20.3. The number of imidazole rings is 1. The summed E-state index contributed by atoms with van der Waals surface area (Å²) in [6.07, 6.45) is 4.38. The number of fused-ring (bicyclic) bond motifs is 1. The molecule has 0 saturated heterocycles. The lowest BCUT2D eigenvalue weighted by atomic mass is 10.2. The average Bonchev–Trinajstić information content (AvgIpc) is 3.04. The molecule has 0 bridgehead atoms. The van der Waals surface area contributed by atoms with Crippen molar-refractivity contribution >= 4 is 30.5 Å². The summed E-state index contributed by atoms with van der Waals surface area (Å²) >= 11 is 0. The van der Waals surface area contributed by atoms with Gasteiger partial charge in [-0.05, 0) is 6.07 Å². The van der Waals surface area contributed by atoms with Crippen LogP contribution in [0.3, 0.4) is 0 Å². The van der Waals surface area contributed by atoms with Crippen LogP contribution in [-0.2, 0) is 22.4 Å². The summed E-state index contributed by atoms with van der Waals surface area (Å²) in [6.45, 7) is 0.322. The summed E-state index contributed by atoms with van der Waals surface area (Å²) in [4.78, 5) is 43.7. The lowest BCUT2D eigenvalue weighted by Gasteiger charge is -2.21. The van der Waals surface area contributed by atoms with Gasteiger partial charge in [0.15, 0.2) is 38.0 Å². The van der Waals surface area contributed by atoms with E-state index in [1.807, 2.05) is 0 Å². The predicted octanol–water partition coefficient (Wildman–Crippen LogP) is -1.62. The molecule has 3 heterocycles. The van der Waals surface area contributed by atoms with E-state index in [1.165, 1.54) is 18.9 Å². The van der Waals surface area contributed by atoms with Crippen LogP contribution in [0.4, 0.5) is 5.82 Å². The smallest absolute Gasteiger partial charge is 0.254 e. The Hall–Kier alpha value is -2.92. The molecule has 0 fully saturated rings. The van der Waals surface area contributed by atoms with E-state index in [9.17, 15) is 14.3 Å². The number of nitrogen functional groups attached to an aromatic ring is 1. The second-order valence-electron chi connectivity index (χ2n) is 6.04. The number of hydrogen-bond donors (Lipinski definition) is 3. The molecule has 2 atom stereocenters. The van der Waals surface area contributed by atoms with Crippen LogP contribution in [0.5, 0.6) is 0 Å². The van der Waals surface area contributed by atoms with Crippen LogP contribution < -0.4 is 20.9 Å². The minimum absolute atomic E-state index is 0.154. The molecule has 0 spiro atoms.